The van der Waals surface area contributed by atoms with E-state index >= 15 is 0 Å². The second-order valence-corrected chi connectivity index (χ2v) is 13.7. The summed E-state index contributed by atoms with van der Waals surface area (Å²) < 4.78 is 14.3. The van der Waals surface area contributed by atoms with Crippen LogP contribution in [-0.4, -0.2) is 83.4 Å². The molecule has 270 valence electrons. The van der Waals surface area contributed by atoms with Gasteiger partial charge in [-0.25, -0.2) is 14.4 Å². The predicted octanol–water partition coefficient (Wildman–Crippen LogP) is 5.19. The van der Waals surface area contributed by atoms with Gasteiger partial charge in [-0.2, -0.15) is 4.98 Å². The van der Waals surface area contributed by atoms with Crippen LogP contribution in [0.1, 0.15) is 53.9 Å². The monoisotopic (exact) mass is 705 g/mol. The summed E-state index contributed by atoms with van der Waals surface area (Å²) in [5.74, 6) is -0.416. The number of imide groups is 1. The maximum atomic E-state index is 14.3. The van der Waals surface area contributed by atoms with Crippen LogP contribution in [0.25, 0.3) is 0 Å². The highest BCUT2D eigenvalue weighted by atomic mass is 19.1. The molecule has 3 aliphatic heterocycles. The molecule has 0 saturated carbocycles. The summed E-state index contributed by atoms with van der Waals surface area (Å²) in [7, 11) is 0. The Morgan fingerprint density at radius 3 is 2.25 bits per heavy atom. The highest BCUT2D eigenvalue weighted by Crippen LogP contribution is 2.28. The summed E-state index contributed by atoms with van der Waals surface area (Å²) in [5.41, 5.74) is 7.14. The molecule has 12 nitrogen and oxygen atoms in total. The number of hydrogen-bond donors (Lipinski definition) is 4. The molecule has 0 bridgehead atoms. The van der Waals surface area contributed by atoms with Crippen molar-refractivity contribution in [2.24, 2.45) is 5.92 Å². The van der Waals surface area contributed by atoms with E-state index in [1.807, 2.05) is 47.5 Å². The maximum Gasteiger partial charge on any atom is 0.265 e. The topological polar surface area (TPSA) is 135 Å². The van der Waals surface area contributed by atoms with Gasteiger partial charge in [-0.05, 0) is 92.2 Å². The Balaban J connectivity index is 0.803. The van der Waals surface area contributed by atoms with E-state index in [-0.39, 0.29) is 35.4 Å². The fourth-order valence-electron chi connectivity index (χ4n) is 7.07. The quantitative estimate of drug-likeness (QED) is 0.155. The number of hydrogen-bond acceptors (Lipinski definition) is 10. The number of aromatic nitrogens is 2. The van der Waals surface area contributed by atoms with Gasteiger partial charge in [0.05, 0.1) is 12.1 Å². The molecule has 4 aromatic rings. The van der Waals surface area contributed by atoms with Crippen molar-refractivity contribution in [1.82, 2.24) is 30.6 Å². The van der Waals surface area contributed by atoms with Crippen LogP contribution in [0.3, 0.4) is 0 Å². The number of rotatable bonds is 11. The van der Waals surface area contributed by atoms with E-state index in [9.17, 15) is 18.8 Å². The van der Waals surface area contributed by atoms with Crippen molar-refractivity contribution >= 4 is 46.5 Å². The van der Waals surface area contributed by atoms with Crippen LogP contribution >= 0.6 is 0 Å². The summed E-state index contributed by atoms with van der Waals surface area (Å²) >= 11 is 0. The minimum absolute atomic E-state index is 0.0656. The molecule has 4 heterocycles. The zero-order valence-corrected chi connectivity index (χ0v) is 29.1. The molecular weight excluding hydrogens is 661 g/mol. The van der Waals surface area contributed by atoms with Crippen molar-refractivity contribution in [1.29, 1.82) is 0 Å². The van der Waals surface area contributed by atoms with Gasteiger partial charge in [-0.1, -0.05) is 30.3 Å². The molecule has 0 aliphatic carbocycles. The van der Waals surface area contributed by atoms with Crippen LogP contribution < -0.4 is 26.3 Å². The summed E-state index contributed by atoms with van der Waals surface area (Å²) in [6.45, 7) is 6.68. The summed E-state index contributed by atoms with van der Waals surface area (Å²) in [6.07, 6.45) is 5.31. The third-order valence-corrected chi connectivity index (χ3v) is 10.2. The molecule has 3 saturated heterocycles. The Kier molecular flexibility index (Phi) is 11.0. The van der Waals surface area contributed by atoms with Crippen LogP contribution in [0.15, 0.2) is 85.1 Å². The molecule has 1 aromatic heterocycles. The third kappa shape index (κ3) is 8.90. The lowest BCUT2D eigenvalue weighted by Gasteiger charge is -2.37. The number of carbonyl (C=O) groups is 3. The molecule has 3 amide bonds. The first-order valence-corrected chi connectivity index (χ1v) is 18.0. The van der Waals surface area contributed by atoms with E-state index in [1.54, 1.807) is 24.3 Å². The Morgan fingerprint density at radius 1 is 0.827 bits per heavy atom. The second-order valence-electron chi connectivity index (χ2n) is 13.7. The van der Waals surface area contributed by atoms with Gasteiger partial charge in [0.2, 0.25) is 17.8 Å². The van der Waals surface area contributed by atoms with Crippen molar-refractivity contribution < 1.29 is 18.8 Å². The first-order valence-electron chi connectivity index (χ1n) is 18.0. The number of hydrazine groups is 1. The van der Waals surface area contributed by atoms with Crippen molar-refractivity contribution in [3.63, 3.8) is 0 Å². The molecule has 13 heteroatoms. The molecule has 3 fully saturated rings. The summed E-state index contributed by atoms with van der Waals surface area (Å²) in [6, 6.07) is 24.5. The number of anilines is 5. The van der Waals surface area contributed by atoms with E-state index in [0.29, 0.717) is 35.7 Å². The highest BCUT2D eigenvalue weighted by molar-refractivity contribution is 6.01. The van der Waals surface area contributed by atoms with Gasteiger partial charge in [0, 0.05) is 68.3 Å². The number of amides is 3. The van der Waals surface area contributed by atoms with E-state index in [0.717, 1.165) is 76.8 Å². The normalized spacial score (nSPS) is 18.9. The number of piperazine rings is 1. The molecule has 3 aliphatic rings. The number of carbonyl (C=O) groups excluding carboxylic acids is 3. The standard InChI is InChI=1S/C39H44FN9O3/c40-34-26-41-39(45-36(34)42-30-4-2-1-3-5-30)43-31-10-6-29(7-11-31)37(51)46-49-20-17-27(18-21-49)16-19-47-22-24-48(25-23-47)32-12-8-28(9-13-32)33-14-15-35(50)44-38(33)52/h1-13,26-27,33H,14-25H2,(H,46,51)(H,44,50,52)(H2,41,42,43,45). The van der Waals surface area contributed by atoms with Gasteiger partial charge in [-0.15, -0.1) is 0 Å². The molecule has 1 atom stereocenters. The van der Waals surface area contributed by atoms with Crippen LogP contribution in [0.2, 0.25) is 0 Å². The zero-order chi connectivity index (χ0) is 35.9. The van der Waals surface area contributed by atoms with E-state index in [1.165, 1.54) is 5.69 Å². The molecule has 52 heavy (non-hydrogen) atoms. The Hall–Kier alpha value is -5.40. The molecule has 7 rings (SSSR count). The van der Waals surface area contributed by atoms with Gasteiger partial charge in [0.1, 0.15) is 0 Å². The van der Waals surface area contributed by atoms with E-state index < -0.39 is 5.82 Å². The fourth-order valence-corrected chi connectivity index (χ4v) is 7.07. The third-order valence-electron chi connectivity index (χ3n) is 10.2. The average molecular weight is 706 g/mol. The van der Waals surface area contributed by atoms with Gasteiger partial charge in [0.15, 0.2) is 11.6 Å². The Bertz CT molecular complexity index is 1840. The Labute approximate surface area is 302 Å². The molecule has 1 unspecified atom stereocenters. The van der Waals surface area contributed by atoms with Gasteiger partial charge >= 0.3 is 0 Å². The predicted molar refractivity (Wildman–Crippen MR) is 198 cm³/mol. The molecule has 4 N–H and O–H groups in total. The smallest absolute Gasteiger partial charge is 0.265 e. The largest absolute Gasteiger partial charge is 0.369 e. The van der Waals surface area contributed by atoms with Crippen molar-refractivity contribution in [2.45, 2.75) is 38.0 Å². The number of nitrogens with one attached hydrogen (secondary N) is 4. The maximum absolute atomic E-state index is 14.3. The SMILES string of the molecule is O=C1CCC(c2ccc(N3CCN(CCC4CCN(NC(=O)c5ccc(Nc6ncc(F)c(Nc7ccccc7)n6)cc5)CC4)CC3)cc2)C(=O)N1. The lowest BCUT2D eigenvalue weighted by atomic mass is 9.90. The van der Waals surface area contributed by atoms with Crippen LogP contribution in [0.5, 0.6) is 0 Å². The lowest BCUT2D eigenvalue weighted by molar-refractivity contribution is -0.134. The average Bonchev–Trinajstić information content (AvgIpc) is 3.17. The van der Waals surface area contributed by atoms with Crippen LogP contribution in [0, 0.1) is 11.7 Å². The summed E-state index contributed by atoms with van der Waals surface area (Å²) in [4.78, 5) is 50.0. The zero-order valence-electron chi connectivity index (χ0n) is 29.1. The number of nitrogens with zero attached hydrogens (tertiary/aromatic N) is 5. The minimum atomic E-state index is -0.560. The Morgan fingerprint density at radius 2 is 1.54 bits per heavy atom. The number of halogens is 1. The lowest BCUT2D eigenvalue weighted by Crippen LogP contribution is -2.48. The van der Waals surface area contributed by atoms with Crippen LogP contribution in [0.4, 0.5) is 33.2 Å². The first kappa shape index (κ1) is 35.0. The van der Waals surface area contributed by atoms with Gasteiger partial charge in [-0.3, -0.25) is 30.0 Å². The molecule has 0 radical (unpaired) electrons. The van der Waals surface area contributed by atoms with E-state index in [2.05, 4.69) is 53.3 Å². The number of para-hydroxylation sites is 1. The van der Waals surface area contributed by atoms with Crippen molar-refractivity contribution in [2.75, 3.05) is 61.3 Å². The minimum Gasteiger partial charge on any atom is -0.369 e. The second kappa shape index (κ2) is 16.3. The van der Waals surface area contributed by atoms with E-state index in [4.69, 9.17) is 0 Å². The first-order chi connectivity index (χ1) is 25.4. The number of piperidine rings is 2. The highest BCUT2D eigenvalue weighted by Gasteiger charge is 2.28. The van der Waals surface area contributed by atoms with Gasteiger partial charge < -0.3 is 15.5 Å². The van der Waals surface area contributed by atoms with Gasteiger partial charge in [0.25, 0.3) is 5.91 Å². The molecular formula is C39H44FN9O3. The molecule has 0 spiro atoms. The summed E-state index contributed by atoms with van der Waals surface area (Å²) in [5, 5.41) is 10.5. The fraction of sp³-hybridized carbons (Fsp3) is 0.359. The van der Waals surface area contributed by atoms with Crippen molar-refractivity contribution in [3.8, 4) is 0 Å². The molecule has 3 aromatic carbocycles. The van der Waals surface area contributed by atoms with Crippen LogP contribution in [-0.2, 0) is 9.59 Å². The number of benzene rings is 3. The van der Waals surface area contributed by atoms with Crippen molar-refractivity contribution in [3.05, 3.63) is 102 Å².